The van der Waals surface area contributed by atoms with Crippen LogP contribution in [-0.4, -0.2) is 18.5 Å². The molecule has 0 aromatic rings. The molecule has 0 amide bonds. The Morgan fingerprint density at radius 3 is 2.67 bits per heavy atom. The van der Waals surface area contributed by atoms with Crippen LogP contribution in [0.5, 0.6) is 0 Å². The summed E-state index contributed by atoms with van der Waals surface area (Å²) in [5, 5.41) is 0. The lowest BCUT2D eigenvalue weighted by atomic mass is 10.1. The number of rotatable bonds is 7. The molecule has 0 aliphatic heterocycles. The van der Waals surface area contributed by atoms with Gasteiger partial charge in [-0.2, -0.15) is 0 Å². The Labute approximate surface area is 108 Å². The van der Waals surface area contributed by atoms with E-state index in [1.54, 1.807) is 0 Å². The summed E-state index contributed by atoms with van der Waals surface area (Å²) >= 11 is 0. The molecular weight excluding hydrogens is 232 g/mol. The SMILES string of the molecule is CCOC(=O)CCCCC1=C(OC(C)=O)CCC1. The van der Waals surface area contributed by atoms with Crippen molar-refractivity contribution in [3.8, 4) is 0 Å². The minimum atomic E-state index is -0.240. The molecule has 4 nitrogen and oxygen atoms in total. The summed E-state index contributed by atoms with van der Waals surface area (Å²) in [5.41, 5.74) is 1.24. The van der Waals surface area contributed by atoms with E-state index in [2.05, 4.69) is 0 Å². The Morgan fingerprint density at radius 2 is 2.00 bits per heavy atom. The van der Waals surface area contributed by atoms with Crippen LogP contribution in [-0.2, 0) is 19.1 Å². The molecule has 0 unspecified atom stereocenters. The Hall–Kier alpha value is -1.32. The average molecular weight is 254 g/mol. The summed E-state index contributed by atoms with van der Waals surface area (Å²) in [6.07, 6.45) is 6.12. The topological polar surface area (TPSA) is 52.6 Å². The van der Waals surface area contributed by atoms with Crippen molar-refractivity contribution < 1.29 is 19.1 Å². The number of ether oxygens (including phenoxy) is 2. The van der Waals surface area contributed by atoms with Gasteiger partial charge in [-0.3, -0.25) is 9.59 Å². The third kappa shape index (κ3) is 5.34. The van der Waals surface area contributed by atoms with Crippen LogP contribution in [0.15, 0.2) is 11.3 Å². The second kappa shape index (κ2) is 7.90. The first-order valence-corrected chi connectivity index (χ1v) is 6.68. The summed E-state index contributed by atoms with van der Waals surface area (Å²) < 4.78 is 10.1. The van der Waals surface area contributed by atoms with Gasteiger partial charge in [-0.25, -0.2) is 0 Å². The standard InChI is InChI=1S/C14H22O4/c1-3-17-14(16)10-5-4-7-12-8-6-9-13(12)18-11(2)15/h3-10H2,1-2H3. The van der Waals surface area contributed by atoms with Gasteiger partial charge in [0.15, 0.2) is 0 Å². The second-order valence-corrected chi connectivity index (χ2v) is 4.49. The predicted octanol–water partition coefficient (Wildman–Crippen LogP) is 3.11. The zero-order chi connectivity index (χ0) is 13.4. The van der Waals surface area contributed by atoms with Crippen LogP contribution in [0.25, 0.3) is 0 Å². The lowest BCUT2D eigenvalue weighted by Gasteiger charge is -2.07. The maximum atomic E-state index is 11.1. The molecule has 0 fully saturated rings. The number of esters is 2. The number of hydrogen-bond donors (Lipinski definition) is 0. The molecule has 1 aliphatic rings. The first-order chi connectivity index (χ1) is 8.63. The highest BCUT2D eigenvalue weighted by atomic mass is 16.5. The van der Waals surface area contributed by atoms with Crippen molar-refractivity contribution in [1.82, 2.24) is 0 Å². The fourth-order valence-corrected chi connectivity index (χ4v) is 2.18. The zero-order valence-electron chi connectivity index (χ0n) is 11.3. The Morgan fingerprint density at radius 1 is 1.22 bits per heavy atom. The average Bonchev–Trinajstić information content (AvgIpc) is 2.71. The first-order valence-electron chi connectivity index (χ1n) is 6.68. The molecule has 102 valence electrons. The second-order valence-electron chi connectivity index (χ2n) is 4.49. The molecule has 0 N–H and O–H groups in total. The molecule has 0 radical (unpaired) electrons. The highest BCUT2D eigenvalue weighted by Gasteiger charge is 2.17. The Bertz CT molecular complexity index is 331. The molecule has 0 saturated heterocycles. The molecule has 1 rings (SSSR count). The monoisotopic (exact) mass is 254 g/mol. The molecule has 0 heterocycles. The van der Waals surface area contributed by atoms with Crippen molar-refractivity contribution in [2.24, 2.45) is 0 Å². The highest BCUT2D eigenvalue weighted by Crippen LogP contribution is 2.30. The van der Waals surface area contributed by atoms with Gasteiger partial charge in [0.2, 0.25) is 0 Å². The van der Waals surface area contributed by atoms with Gasteiger partial charge < -0.3 is 9.47 Å². The van der Waals surface area contributed by atoms with Crippen LogP contribution in [0.3, 0.4) is 0 Å². The van der Waals surface area contributed by atoms with E-state index in [1.807, 2.05) is 6.92 Å². The largest absolute Gasteiger partial charge is 0.466 e. The smallest absolute Gasteiger partial charge is 0.307 e. The van der Waals surface area contributed by atoms with E-state index in [9.17, 15) is 9.59 Å². The molecule has 0 atom stereocenters. The summed E-state index contributed by atoms with van der Waals surface area (Å²) in [5.74, 6) is 0.493. The minimum Gasteiger partial charge on any atom is -0.466 e. The third-order valence-corrected chi connectivity index (χ3v) is 2.96. The van der Waals surface area contributed by atoms with Gasteiger partial charge in [-0.15, -0.1) is 0 Å². The van der Waals surface area contributed by atoms with E-state index in [4.69, 9.17) is 9.47 Å². The van der Waals surface area contributed by atoms with E-state index in [0.717, 1.165) is 44.3 Å². The van der Waals surface area contributed by atoms with E-state index >= 15 is 0 Å². The number of hydrogen-bond acceptors (Lipinski definition) is 4. The van der Waals surface area contributed by atoms with E-state index in [1.165, 1.54) is 12.5 Å². The van der Waals surface area contributed by atoms with Gasteiger partial charge in [0, 0.05) is 19.8 Å². The van der Waals surface area contributed by atoms with Crippen molar-refractivity contribution in [1.29, 1.82) is 0 Å². The van der Waals surface area contributed by atoms with Gasteiger partial charge in [-0.05, 0) is 44.6 Å². The minimum absolute atomic E-state index is 0.127. The number of carbonyl (C=O) groups is 2. The fourth-order valence-electron chi connectivity index (χ4n) is 2.18. The number of unbranched alkanes of at least 4 members (excludes halogenated alkanes) is 1. The maximum absolute atomic E-state index is 11.1. The van der Waals surface area contributed by atoms with Crippen molar-refractivity contribution in [2.45, 2.75) is 58.8 Å². The van der Waals surface area contributed by atoms with Gasteiger partial charge in [0.05, 0.1) is 6.61 Å². The third-order valence-electron chi connectivity index (χ3n) is 2.96. The number of carbonyl (C=O) groups excluding carboxylic acids is 2. The van der Waals surface area contributed by atoms with Crippen LogP contribution < -0.4 is 0 Å². The van der Waals surface area contributed by atoms with Crippen molar-refractivity contribution in [3.05, 3.63) is 11.3 Å². The zero-order valence-corrected chi connectivity index (χ0v) is 11.3. The molecule has 0 bridgehead atoms. The van der Waals surface area contributed by atoms with Gasteiger partial charge in [0.25, 0.3) is 0 Å². The molecule has 18 heavy (non-hydrogen) atoms. The van der Waals surface area contributed by atoms with E-state index in [-0.39, 0.29) is 11.9 Å². The maximum Gasteiger partial charge on any atom is 0.307 e. The Kier molecular flexibility index (Phi) is 6.47. The number of allylic oxidation sites excluding steroid dienone is 2. The van der Waals surface area contributed by atoms with Crippen molar-refractivity contribution >= 4 is 11.9 Å². The van der Waals surface area contributed by atoms with Crippen LogP contribution in [0, 0.1) is 0 Å². The highest BCUT2D eigenvalue weighted by molar-refractivity contribution is 5.69. The lowest BCUT2D eigenvalue weighted by Crippen LogP contribution is -2.03. The van der Waals surface area contributed by atoms with Crippen LogP contribution >= 0.6 is 0 Å². The van der Waals surface area contributed by atoms with Crippen LogP contribution in [0.4, 0.5) is 0 Å². The summed E-state index contributed by atoms with van der Waals surface area (Å²) in [6.45, 7) is 3.69. The first kappa shape index (κ1) is 14.7. The molecule has 4 heteroatoms. The molecule has 0 saturated carbocycles. The predicted molar refractivity (Wildman–Crippen MR) is 67.7 cm³/mol. The summed E-state index contributed by atoms with van der Waals surface area (Å²) in [4.78, 5) is 22.1. The molecule has 0 aromatic carbocycles. The summed E-state index contributed by atoms with van der Waals surface area (Å²) in [6, 6.07) is 0. The molecule has 0 aromatic heterocycles. The molecule has 0 spiro atoms. The van der Waals surface area contributed by atoms with Crippen LogP contribution in [0.1, 0.15) is 58.8 Å². The fraction of sp³-hybridized carbons (Fsp3) is 0.714. The van der Waals surface area contributed by atoms with Gasteiger partial charge in [0.1, 0.15) is 5.76 Å². The quantitative estimate of drug-likeness (QED) is 0.517. The molecular formula is C14H22O4. The molecule has 1 aliphatic carbocycles. The van der Waals surface area contributed by atoms with Gasteiger partial charge >= 0.3 is 11.9 Å². The Balaban J connectivity index is 2.25. The normalized spacial score (nSPS) is 14.8. The van der Waals surface area contributed by atoms with Gasteiger partial charge in [-0.1, -0.05) is 0 Å². The van der Waals surface area contributed by atoms with E-state index in [0.29, 0.717) is 13.0 Å². The van der Waals surface area contributed by atoms with E-state index < -0.39 is 0 Å². The van der Waals surface area contributed by atoms with Crippen molar-refractivity contribution in [3.63, 3.8) is 0 Å². The van der Waals surface area contributed by atoms with Crippen LogP contribution in [0.2, 0.25) is 0 Å². The van der Waals surface area contributed by atoms with Crippen molar-refractivity contribution in [2.75, 3.05) is 6.61 Å². The lowest BCUT2D eigenvalue weighted by molar-refractivity contribution is -0.143. The summed E-state index contributed by atoms with van der Waals surface area (Å²) in [7, 11) is 0.